The molecule has 0 saturated heterocycles. The molecule has 0 unspecified atom stereocenters. The first-order valence-corrected chi connectivity index (χ1v) is 7.76. The van der Waals surface area contributed by atoms with Gasteiger partial charge in [-0.3, -0.25) is 14.9 Å². The molecular formula is C15H13ClN2O3S. The van der Waals surface area contributed by atoms with Crippen LogP contribution in [0.1, 0.15) is 5.56 Å². The molecule has 0 aromatic heterocycles. The molecule has 0 aliphatic carbocycles. The smallest absolute Gasteiger partial charge is 0.293 e. The molecule has 5 nitrogen and oxygen atoms in total. The van der Waals surface area contributed by atoms with Gasteiger partial charge in [-0.25, -0.2) is 0 Å². The number of amides is 1. The van der Waals surface area contributed by atoms with Gasteiger partial charge in [-0.2, -0.15) is 0 Å². The van der Waals surface area contributed by atoms with Crippen molar-refractivity contribution < 1.29 is 9.72 Å². The van der Waals surface area contributed by atoms with Gasteiger partial charge in [-0.1, -0.05) is 29.8 Å². The van der Waals surface area contributed by atoms with Crippen molar-refractivity contribution in [2.75, 3.05) is 11.1 Å². The van der Waals surface area contributed by atoms with Gasteiger partial charge in [0.15, 0.2) is 0 Å². The number of nitrogens with zero attached hydrogens (tertiary/aromatic N) is 1. The monoisotopic (exact) mass is 336 g/mol. The Morgan fingerprint density at radius 3 is 2.73 bits per heavy atom. The van der Waals surface area contributed by atoms with E-state index in [-0.39, 0.29) is 23.0 Å². The van der Waals surface area contributed by atoms with E-state index in [2.05, 4.69) is 5.32 Å². The van der Waals surface area contributed by atoms with E-state index < -0.39 is 4.92 Å². The van der Waals surface area contributed by atoms with Crippen LogP contribution in [0.25, 0.3) is 0 Å². The molecule has 114 valence electrons. The summed E-state index contributed by atoms with van der Waals surface area (Å²) in [6, 6.07) is 11.9. The van der Waals surface area contributed by atoms with Crippen LogP contribution in [0, 0.1) is 17.0 Å². The summed E-state index contributed by atoms with van der Waals surface area (Å²) in [5.41, 5.74) is 0.839. The van der Waals surface area contributed by atoms with Gasteiger partial charge in [-0.15, -0.1) is 11.8 Å². The zero-order valence-corrected chi connectivity index (χ0v) is 13.3. The molecule has 7 heteroatoms. The molecular weight excluding hydrogens is 324 g/mol. The van der Waals surface area contributed by atoms with E-state index in [1.54, 1.807) is 19.1 Å². The highest BCUT2D eigenvalue weighted by Gasteiger charge is 2.16. The highest BCUT2D eigenvalue weighted by Crippen LogP contribution is 2.28. The van der Waals surface area contributed by atoms with Gasteiger partial charge in [0.2, 0.25) is 5.91 Å². The fourth-order valence-electron chi connectivity index (χ4n) is 1.79. The zero-order chi connectivity index (χ0) is 16.1. The second-order valence-electron chi connectivity index (χ2n) is 4.54. The molecule has 0 aliphatic heterocycles. The van der Waals surface area contributed by atoms with Gasteiger partial charge in [-0.05, 0) is 30.7 Å². The molecule has 22 heavy (non-hydrogen) atoms. The third-order valence-electron chi connectivity index (χ3n) is 2.82. The zero-order valence-electron chi connectivity index (χ0n) is 11.7. The minimum absolute atomic E-state index is 0.115. The van der Waals surface area contributed by atoms with Gasteiger partial charge in [0.05, 0.1) is 15.7 Å². The standard InChI is InChI=1S/C15H13ClN2O3S/c1-10-6-7-12(13(8-10)18(20)21)17-15(19)9-22-14-5-3-2-4-11(14)16/h2-8H,9H2,1H3,(H,17,19). The Hall–Kier alpha value is -2.05. The molecule has 0 saturated carbocycles. The summed E-state index contributed by atoms with van der Waals surface area (Å²) in [5.74, 6) is -0.203. The normalized spacial score (nSPS) is 10.3. The van der Waals surface area contributed by atoms with E-state index in [4.69, 9.17) is 11.6 Å². The topological polar surface area (TPSA) is 72.2 Å². The minimum atomic E-state index is -0.510. The van der Waals surface area contributed by atoms with Crippen molar-refractivity contribution in [2.45, 2.75) is 11.8 Å². The number of aryl methyl sites for hydroxylation is 1. The summed E-state index contributed by atoms with van der Waals surface area (Å²) < 4.78 is 0. The van der Waals surface area contributed by atoms with Crippen molar-refractivity contribution in [3.05, 3.63) is 63.2 Å². The molecule has 0 fully saturated rings. The number of hydrogen-bond acceptors (Lipinski definition) is 4. The number of nitro groups is 1. The van der Waals surface area contributed by atoms with Crippen LogP contribution in [0.3, 0.4) is 0 Å². The number of nitro benzene ring substituents is 1. The minimum Gasteiger partial charge on any atom is -0.320 e. The Kier molecular flexibility index (Phi) is 5.41. The van der Waals surface area contributed by atoms with Gasteiger partial charge >= 0.3 is 0 Å². The molecule has 0 heterocycles. The van der Waals surface area contributed by atoms with Crippen molar-refractivity contribution >= 4 is 40.6 Å². The molecule has 0 radical (unpaired) electrons. The Balaban J connectivity index is 2.04. The molecule has 0 aliphatic rings. The van der Waals surface area contributed by atoms with E-state index in [0.717, 1.165) is 10.5 Å². The maximum atomic E-state index is 12.0. The number of nitrogens with one attached hydrogen (secondary N) is 1. The largest absolute Gasteiger partial charge is 0.320 e. The third kappa shape index (κ3) is 4.22. The lowest BCUT2D eigenvalue weighted by Gasteiger charge is -2.07. The quantitative estimate of drug-likeness (QED) is 0.502. The van der Waals surface area contributed by atoms with Crippen molar-refractivity contribution in [1.29, 1.82) is 0 Å². The van der Waals surface area contributed by atoms with Crippen LogP contribution in [0.15, 0.2) is 47.4 Å². The van der Waals surface area contributed by atoms with E-state index in [1.807, 2.05) is 18.2 Å². The van der Waals surface area contributed by atoms with Gasteiger partial charge in [0, 0.05) is 11.0 Å². The van der Waals surface area contributed by atoms with Crippen molar-refractivity contribution in [3.8, 4) is 0 Å². The lowest BCUT2D eigenvalue weighted by atomic mass is 10.2. The fourth-order valence-corrected chi connectivity index (χ4v) is 2.83. The van der Waals surface area contributed by atoms with E-state index in [9.17, 15) is 14.9 Å². The number of carbonyl (C=O) groups is 1. The molecule has 2 aromatic rings. The Morgan fingerprint density at radius 2 is 2.05 bits per heavy atom. The van der Waals surface area contributed by atoms with Crippen molar-refractivity contribution in [2.24, 2.45) is 0 Å². The van der Waals surface area contributed by atoms with E-state index in [0.29, 0.717) is 5.02 Å². The molecule has 0 atom stereocenters. The summed E-state index contributed by atoms with van der Waals surface area (Å²) >= 11 is 7.29. The summed E-state index contributed by atoms with van der Waals surface area (Å²) in [6.45, 7) is 1.76. The molecule has 0 spiro atoms. The van der Waals surface area contributed by atoms with Crippen LogP contribution in [-0.4, -0.2) is 16.6 Å². The second-order valence-corrected chi connectivity index (χ2v) is 5.97. The Morgan fingerprint density at radius 1 is 1.32 bits per heavy atom. The number of benzene rings is 2. The maximum absolute atomic E-state index is 12.0. The van der Waals surface area contributed by atoms with Gasteiger partial charge < -0.3 is 5.32 Å². The lowest BCUT2D eigenvalue weighted by molar-refractivity contribution is -0.384. The number of thioether (sulfide) groups is 1. The van der Waals surface area contributed by atoms with Crippen LogP contribution in [0.5, 0.6) is 0 Å². The predicted molar refractivity (Wildman–Crippen MR) is 88.6 cm³/mol. The average molecular weight is 337 g/mol. The summed E-state index contributed by atoms with van der Waals surface area (Å²) in [5, 5.41) is 14.1. The van der Waals surface area contributed by atoms with Crippen molar-refractivity contribution in [1.82, 2.24) is 0 Å². The number of anilines is 1. The van der Waals surface area contributed by atoms with E-state index >= 15 is 0 Å². The molecule has 0 bridgehead atoms. The van der Waals surface area contributed by atoms with Crippen LogP contribution in [-0.2, 0) is 4.79 Å². The number of carbonyl (C=O) groups excluding carboxylic acids is 1. The van der Waals surface area contributed by atoms with E-state index in [1.165, 1.54) is 23.9 Å². The van der Waals surface area contributed by atoms with Crippen LogP contribution >= 0.6 is 23.4 Å². The summed E-state index contributed by atoms with van der Waals surface area (Å²) in [6.07, 6.45) is 0. The molecule has 1 amide bonds. The SMILES string of the molecule is Cc1ccc(NC(=O)CSc2ccccc2Cl)c([N+](=O)[O-])c1. The summed E-state index contributed by atoms with van der Waals surface area (Å²) in [7, 11) is 0. The molecule has 2 rings (SSSR count). The second kappa shape index (κ2) is 7.29. The summed E-state index contributed by atoms with van der Waals surface area (Å²) in [4.78, 5) is 23.2. The lowest BCUT2D eigenvalue weighted by Crippen LogP contribution is -2.15. The highest BCUT2D eigenvalue weighted by atomic mass is 35.5. The number of rotatable bonds is 5. The van der Waals surface area contributed by atoms with Crippen LogP contribution < -0.4 is 5.32 Å². The third-order valence-corrected chi connectivity index (χ3v) is 4.33. The Labute approximate surface area is 136 Å². The number of halogens is 1. The first-order chi connectivity index (χ1) is 10.5. The Bertz CT molecular complexity index is 722. The van der Waals surface area contributed by atoms with Crippen molar-refractivity contribution in [3.63, 3.8) is 0 Å². The average Bonchev–Trinajstić information content (AvgIpc) is 2.48. The molecule has 1 N–H and O–H groups in total. The fraction of sp³-hybridized carbons (Fsp3) is 0.133. The highest BCUT2D eigenvalue weighted by molar-refractivity contribution is 8.00. The maximum Gasteiger partial charge on any atom is 0.293 e. The first kappa shape index (κ1) is 16.3. The van der Waals surface area contributed by atoms with Crippen LogP contribution in [0.4, 0.5) is 11.4 Å². The van der Waals surface area contributed by atoms with Gasteiger partial charge in [0.1, 0.15) is 5.69 Å². The number of hydrogen-bond donors (Lipinski definition) is 1. The first-order valence-electron chi connectivity index (χ1n) is 6.39. The predicted octanol–water partition coefficient (Wildman–Crippen LogP) is 4.29. The van der Waals surface area contributed by atoms with Crippen LogP contribution in [0.2, 0.25) is 5.02 Å². The molecule has 2 aromatic carbocycles. The van der Waals surface area contributed by atoms with Gasteiger partial charge in [0.25, 0.3) is 5.69 Å².